The van der Waals surface area contributed by atoms with Crippen LogP contribution in [-0.2, 0) is 0 Å². The zero-order valence-electron chi connectivity index (χ0n) is 9.01. The van der Waals surface area contributed by atoms with Crippen LogP contribution in [0.15, 0.2) is 24.8 Å². The molecule has 73 valence electrons. The van der Waals surface area contributed by atoms with Crippen molar-refractivity contribution in [1.29, 1.82) is 0 Å². The average Bonchev–Trinajstić information content (AvgIpc) is 3.00. The summed E-state index contributed by atoms with van der Waals surface area (Å²) < 4.78 is 0. The predicted molar refractivity (Wildman–Crippen MR) is 60.5 cm³/mol. The molecule has 0 spiro atoms. The Bertz CT molecular complexity index is 323. The van der Waals surface area contributed by atoms with Gasteiger partial charge in [0, 0.05) is 0 Å². The topological polar surface area (TPSA) is 0 Å². The molecule has 1 aliphatic rings. The number of hydrogen-bond donors (Lipinski definition) is 0. The van der Waals surface area contributed by atoms with Gasteiger partial charge in [0.25, 0.3) is 0 Å². The van der Waals surface area contributed by atoms with Gasteiger partial charge < -0.3 is 0 Å². The lowest BCUT2D eigenvalue weighted by Crippen LogP contribution is -1.92. The first-order valence-corrected chi connectivity index (χ1v) is 5.38. The second-order valence-corrected chi connectivity index (χ2v) is 4.49. The summed E-state index contributed by atoms with van der Waals surface area (Å²) in [6.07, 6.45) is 5.71. The molecule has 14 heavy (non-hydrogen) atoms. The zero-order chi connectivity index (χ0) is 10.1. The zero-order valence-corrected chi connectivity index (χ0v) is 9.01. The highest BCUT2D eigenvalue weighted by atomic mass is 14.3. The lowest BCUT2D eigenvalue weighted by Gasteiger charge is -2.09. The Balaban J connectivity index is 2.40. The minimum Gasteiger partial charge on any atom is -0.0906 e. The van der Waals surface area contributed by atoms with Crippen molar-refractivity contribution in [2.24, 2.45) is 0 Å². The van der Waals surface area contributed by atoms with Crippen LogP contribution in [0.3, 0.4) is 0 Å². The van der Waals surface area contributed by atoms with Crippen LogP contribution < -0.4 is 0 Å². The molecule has 0 saturated heterocycles. The fourth-order valence-electron chi connectivity index (χ4n) is 1.76. The lowest BCUT2D eigenvalue weighted by molar-refractivity contribution is 0.860. The first-order chi connectivity index (χ1) is 6.70. The second-order valence-electron chi connectivity index (χ2n) is 4.49. The third-order valence-corrected chi connectivity index (χ3v) is 2.90. The fourth-order valence-corrected chi connectivity index (χ4v) is 1.76. The van der Waals surface area contributed by atoms with E-state index in [1.807, 2.05) is 0 Å². The Morgan fingerprint density at radius 2 is 2.00 bits per heavy atom. The summed E-state index contributed by atoms with van der Waals surface area (Å²) in [5.41, 5.74) is 4.06. The Labute approximate surface area is 86.7 Å². The Morgan fingerprint density at radius 3 is 2.50 bits per heavy atom. The minimum absolute atomic E-state index is 0.598. The van der Waals surface area contributed by atoms with Gasteiger partial charge in [-0.2, -0.15) is 0 Å². The Hall–Kier alpha value is -1.04. The van der Waals surface area contributed by atoms with Gasteiger partial charge in [-0.15, -0.1) is 0 Å². The van der Waals surface area contributed by atoms with E-state index in [0.717, 1.165) is 11.5 Å². The molecule has 1 aliphatic carbocycles. The van der Waals surface area contributed by atoms with Crippen LogP contribution >= 0.6 is 0 Å². The van der Waals surface area contributed by atoms with E-state index in [-0.39, 0.29) is 0 Å². The van der Waals surface area contributed by atoms with Crippen LogP contribution in [0.5, 0.6) is 0 Å². The summed E-state index contributed by atoms with van der Waals surface area (Å²) in [5, 5.41) is 0. The van der Waals surface area contributed by atoms with Gasteiger partial charge in [-0.25, -0.2) is 0 Å². The van der Waals surface area contributed by atoms with Gasteiger partial charge in [0.15, 0.2) is 0 Å². The van der Waals surface area contributed by atoms with Crippen molar-refractivity contribution in [3.05, 3.63) is 47.5 Å². The van der Waals surface area contributed by atoms with Crippen molar-refractivity contribution in [1.82, 2.24) is 0 Å². The van der Waals surface area contributed by atoms with Gasteiger partial charge in [-0.1, -0.05) is 38.6 Å². The second kappa shape index (κ2) is 3.61. The van der Waals surface area contributed by atoms with Crippen LogP contribution in [0.4, 0.5) is 0 Å². The summed E-state index contributed by atoms with van der Waals surface area (Å²) in [6.45, 7) is 8.20. The average molecular weight is 185 g/mol. The van der Waals surface area contributed by atoms with Gasteiger partial charge in [-0.05, 0) is 47.4 Å². The van der Waals surface area contributed by atoms with Gasteiger partial charge in [-0.3, -0.25) is 0 Å². The molecule has 1 aromatic rings. The monoisotopic (exact) mass is 185 g/mol. The van der Waals surface area contributed by atoms with Crippen molar-refractivity contribution in [3.8, 4) is 0 Å². The van der Waals surface area contributed by atoms with Crippen LogP contribution in [0, 0.1) is 6.08 Å². The third kappa shape index (κ3) is 1.89. The molecule has 0 aliphatic heterocycles. The molecular weight excluding hydrogens is 168 g/mol. The van der Waals surface area contributed by atoms with E-state index in [1.165, 1.54) is 24.0 Å². The van der Waals surface area contributed by atoms with E-state index in [9.17, 15) is 0 Å². The minimum atomic E-state index is 0.598. The standard InChI is InChI=1S/C14H17/c1-4-11-7-13(10(2)3)9-14(8-11)12-5-6-12/h7-10,12H,1,5-6H2,2-3H3. The summed E-state index contributed by atoms with van der Waals surface area (Å²) in [6, 6.07) is 6.78. The maximum atomic E-state index is 3.73. The van der Waals surface area contributed by atoms with Crippen molar-refractivity contribution in [3.63, 3.8) is 0 Å². The van der Waals surface area contributed by atoms with E-state index in [0.29, 0.717) is 5.92 Å². The van der Waals surface area contributed by atoms with Crippen LogP contribution in [-0.4, -0.2) is 0 Å². The maximum Gasteiger partial charge on any atom is -0.0161 e. The molecule has 1 fully saturated rings. The molecule has 0 N–H and O–H groups in total. The van der Waals surface area contributed by atoms with E-state index in [4.69, 9.17) is 0 Å². The third-order valence-electron chi connectivity index (χ3n) is 2.90. The molecule has 2 rings (SSSR count). The van der Waals surface area contributed by atoms with Crippen LogP contribution in [0.2, 0.25) is 0 Å². The lowest BCUT2D eigenvalue weighted by atomic mass is 9.96. The van der Waals surface area contributed by atoms with Crippen molar-refractivity contribution < 1.29 is 0 Å². The molecule has 1 saturated carbocycles. The largest absolute Gasteiger partial charge is 0.0906 e. The molecule has 0 atom stereocenters. The molecule has 0 unspecified atom stereocenters. The normalized spacial score (nSPS) is 15.9. The van der Waals surface area contributed by atoms with Crippen LogP contribution in [0.25, 0.3) is 0 Å². The van der Waals surface area contributed by atoms with Crippen LogP contribution in [0.1, 0.15) is 55.2 Å². The molecule has 0 heterocycles. The number of rotatable bonds is 3. The SMILES string of the molecule is C=[C]c1cc(C(C)C)cc(C2CC2)c1. The first-order valence-electron chi connectivity index (χ1n) is 5.38. The fraction of sp³-hybridized carbons (Fsp3) is 0.429. The molecule has 0 bridgehead atoms. The smallest absolute Gasteiger partial charge is 0.0161 e. The maximum absolute atomic E-state index is 3.73. The number of benzene rings is 1. The first kappa shape index (κ1) is 9.51. The van der Waals surface area contributed by atoms with E-state index in [2.05, 4.69) is 44.7 Å². The molecule has 1 radical (unpaired) electrons. The highest BCUT2D eigenvalue weighted by molar-refractivity contribution is 5.37. The summed E-state index contributed by atoms with van der Waals surface area (Å²) >= 11 is 0. The molecule has 0 nitrogen and oxygen atoms in total. The van der Waals surface area contributed by atoms with Gasteiger partial charge >= 0.3 is 0 Å². The summed E-state index contributed by atoms with van der Waals surface area (Å²) in [4.78, 5) is 0. The molecule has 0 amide bonds. The highest BCUT2D eigenvalue weighted by Crippen LogP contribution is 2.41. The van der Waals surface area contributed by atoms with E-state index < -0.39 is 0 Å². The van der Waals surface area contributed by atoms with Crippen molar-refractivity contribution >= 4 is 0 Å². The Morgan fingerprint density at radius 1 is 1.29 bits per heavy atom. The molecular formula is C14H17. The predicted octanol–water partition coefficient (Wildman–Crippen LogP) is 4.02. The highest BCUT2D eigenvalue weighted by Gasteiger charge is 2.24. The molecule has 1 aromatic carbocycles. The van der Waals surface area contributed by atoms with Gasteiger partial charge in [0.05, 0.1) is 0 Å². The molecule has 0 aromatic heterocycles. The van der Waals surface area contributed by atoms with Crippen molar-refractivity contribution in [2.45, 2.75) is 38.5 Å². The number of hydrogen-bond acceptors (Lipinski definition) is 0. The quantitative estimate of drug-likeness (QED) is 0.667. The van der Waals surface area contributed by atoms with E-state index in [1.54, 1.807) is 0 Å². The van der Waals surface area contributed by atoms with Crippen molar-refractivity contribution in [2.75, 3.05) is 0 Å². The van der Waals surface area contributed by atoms with Gasteiger partial charge in [0.2, 0.25) is 0 Å². The molecule has 0 heteroatoms. The van der Waals surface area contributed by atoms with Gasteiger partial charge in [0.1, 0.15) is 0 Å². The van der Waals surface area contributed by atoms with E-state index >= 15 is 0 Å². The summed E-state index contributed by atoms with van der Waals surface area (Å²) in [5.74, 6) is 1.42. The Kier molecular flexibility index (Phi) is 2.45. The summed E-state index contributed by atoms with van der Waals surface area (Å²) in [7, 11) is 0.